The molecule has 0 aliphatic heterocycles. The predicted octanol–water partition coefficient (Wildman–Crippen LogP) is 11.1. The van der Waals surface area contributed by atoms with E-state index in [0.717, 1.165) is 29.6 Å². The molecule has 2 saturated carbocycles. The maximum absolute atomic E-state index is 15.6. The van der Waals surface area contributed by atoms with Crippen LogP contribution in [0.2, 0.25) is 0 Å². The van der Waals surface area contributed by atoms with Gasteiger partial charge >= 0.3 is 11.9 Å². The molecule has 8 heteroatoms. The van der Waals surface area contributed by atoms with E-state index in [0.29, 0.717) is 19.3 Å². The number of fused-ring (bicyclic) bond motifs is 2. The van der Waals surface area contributed by atoms with E-state index >= 15 is 14.4 Å². The van der Waals surface area contributed by atoms with Crippen LogP contribution in [-0.2, 0) is 24.0 Å². The third kappa shape index (κ3) is 9.81. The van der Waals surface area contributed by atoms with Crippen molar-refractivity contribution in [2.45, 2.75) is 134 Å². The lowest BCUT2D eigenvalue weighted by Crippen LogP contribution is -2.70. The normalized spacial score (nSPS) is 24.4. The molecule has 0 unspecified atom stereocenters. The number of aliphatic hydroxyl groups is 1. The molecule has 2 bridgehead atoms. The highest BCUT2D eigenvalue weighted by Gasteiger charge is 2.74. The maximum atomic E-state index is 15.6. The largest absolute Gasteiger partial charge is 0.506 e. The zero-order valence-corrected chi connectivity index (χ0v) is 35.2. The third-order valence-electron chi connectivity index (χ3n) is 11.3. The number of benzene rings is 1. The summed E-state index contributed by atoms with van der Waals surface area (Å²) < 4.78 is 10.6. The SMILES string of the molecule is CC(=O)Oc1ccc(/C(O)=C2/C(=O)[C@]3(CC=C(C)C)C[C@@H](C/C=C(\C)CCC=C(C)C)[C@](C)(CCC=C(C)C)[C@](CC=C(C)C)(C2=O)C3=O)cc1OC(C)=O. The molecular weight excluding hydrogens is 693 g/mol. The predicted molar refractivity (Wildman–Crippen MR) is 219 cm³/mol. The summed E-state index contributed by atoms with van der Waals surface area (Å²) in [6.07, 6.45) is 14.2. The molecule has 8 nitrogen and oxygen atoms in total. The van der Waals surface area contributed by atoms with Crippen LogP contribution in [0.3, 0.4) is 0 Å². The number of ketones is 3. The summed E-state index contributed by atoms with van der Waals surface area (Å²) in [5.41, 5.74) is 0.783. The highest BCUT2D eigenvalue weighted by molar-refractivity contribution is 6.41. The summed E-state index contributed by atoms with van der Waals surface area (Å²) in [4.78, 5) is 70.2. The van der Waals surface area contributed by atoms with Crippen molar-refractivity contribution in [1.29, 1.82) is 0 Å². The van der Waals surface area contributed by atoms with Crippen molar-refractivity contribution in [3.63, 3.8) is 0 Å². The van der Waals surface area contributed by atoms with Crippen LogP contribution in [0.5, 0.6) is 11.5 Å². The number of hydrogen-bond donors (Lipinski definition) is 1. The number of ether oxygens (including phenoxy) is 2. The van der Waals surface area contributed by atoms with E-state index in [2.05, 4.69) is 39.0 Å². The Morgan fingerprint density at radius 3 is 1.84 bits per heavy atom. The van der Waals surface area contributed by atoms with Crippen molar-refractivity contribution < 1.29 is 38.6 Å². The van der Waals surface area contributed by atoms with Crippen molar-refractivity contribution in [3.05, 3.63) is 87.6 Å². The molecule has 1 N–H and O–H groups in total. The van der Waals surface area contributed by atoms with E-state index in [1.54, 1.807) is 0 Å². The van der Waals surface area contributed by atoms with Gasteiger partial charge in [0.2, 0.25) is 0 Å². The molecule has 1 aromatic carbocycles. The van der Waals surface area contributed by atoms with Crippen LogP contribution in [-0.4, -0.2) is 34.4 Å². The standard InChI is InChI=1S/C47H62O8/c1-29(2)15-13-17-33(9)18-20-37-28-46(25-22-31(5)6)42(51)40(41(50)36-19-21-38(54-34(10)48)39(27-36)55-35(11)49)43(52)47(44(46)53,26-23-32(7)8)45(37,12)24-14-16-30(3)4/h15-16,18-19,21-23,27,37,50H,13-14,17,20,24-26,28H2,1-12H3/b33-18+,41-40+/t37-,45+,46+,47-/m1/s1. The van der Waals surface area contributed by atoms with Crippen molar-refractivity contribution >= 4 is 35.0 Å². The Morgan fingerprint density at radius 1 is 0.727 bits per heavy atom. The Hall–Kier alpha value is -4.59. The minimum Gasteiger partial charge on any atom is -0.506 e. The molecule has 3 rings (SSSR count). The fourth-order valence-corrected chi connectivity index (χ4v) is 8.24. The molecule has 2 aliphatic carbocycles. The van der Waals surface area contributed by atoms with Gasteiger partial charge in [0.25, 0.3) is 0 Å². The molecule has 0 spiro atoms. The number of Topliss-reactive ketones (excluding diaryl/α,β-unsaturated/α-hetero) is 3. The Balaban J connectivity index is 2.47. The molecule has 298 valence electrons. The zero-order valence-electron chi connectivity index (χ0n) is 35.2. The van der Waals surface area contributed by atoms with Gasteiger partial charge in [-0.2, -0.15) is 0 Å². The Kier molecular flexibility index (Phi) is 15.0. The number of hydrogen-bond acceptors (Lipinski definition) is 8. The molecule has 0 amide bonds. The number of aliphatic hydroxyl groups excluding tert-OH is 1. The second kappa shape index (κ2) is 18.4. The van der Waals surface area contributed by atoms with Gasteiger partial charge in [-0.1, -0.05) is 65.2 Å². The van der Waals surface area contributed by atoms with Gasteiger partial charge in [-0.15, -0.1) is 0 Å². The average Bonchev–Trinajstić information content (AvgIpc) is 3.07. The summed E-state index contributed by atoms with van der Waals surface area (Å²) in [5.74, 6) is -4.23. The van der Waals surface area contributed by atoms with Crippen LogP contribution in [0.15, 0.2) is 82.0 Å². The molecule has 0 heterocycles. The van der Waals surface area contributed by atoms with Gasteiger partial charge in [-0.3, -0.25) is 24.0 Å². The fourth-order valence-electron chi connectivity index (χ4n) is 8.24. The smallest absolute Gasteiger partial charge is 0.308 e. The molecule has 1 aromatic rings. The van der Waals surface area contributed by atoms with Crippen molar-refractivity contribution in [1.82, 2.24) is 0 Å². The first-order valence-electron chi connectivity index (χ1n) is 19.4. The molecule has 55 heavy (non-hydrogen) atoms. The Labute approximate surface area is 328 Å². The zero-order chi connectivity index (χ0) is 41.5. The Morgan fingerprint density at radius 2 is 1.27 bits per heavy atom. The van der Waals surface area contributed by atoms with E-state index in [4.69, 9.17) is 9.47 Å². The quantitative estimate of drug-likeness (QED) is 0.0357. The molecular formula is C47H62O8. The lowest BCUT2D eigenvalue weighted by molar-refractivity contribution is -0.178. The van der Waals surface area contributed by atoms with E-state index < -0.39 is 51.1 Å². The molecule has 2 fully saturated rings. The monoisotopic (exact) mass is 754 g/mol. The second-order valence-corrected chi connectivity index (χ2v) is 16.8. The third-order valence-corrected chi connectivity index (χ3v) is 11.3. The van der Waals surface area contributed by atoms with Crippen LogP contribution in [0, 0.1) is 22.2 Å². The van der Waals surface area contributed by atoms with Gasteiger partial charge in [0.1, 0.15) is 16.7 Å². The molecule has 2 aliphatic rings. The minimum atomic E-state index is -1.68. The van der Waals surface area contributed by atoms with Crippen LogP contribution in [0.25, 0.3) is 5.76 Å². The van der Waals surface area contributed by atoms with Gasteiger partial charge in [0.15, 0.2) is 28.8 Å². The first kappa shape index (κ1) is 44.8. The van der Waals surface area contributed by atoms with E-state index in [1.807, 2.05) is 60.6 Å². The lowest BCUT2D eigenvalue weighted by Gasteiger charge is -2.61. The maximum Gasteiger partial charge on any atom is 0.308 e. The molecule has 0 saturated heterocycles. The van der Waals surface area contributed by atoms with Crippen LogP contribution in [0.4, 0.5) is 0 Å². The topological polar surface area (TPSA) is 124 Å². The van der Waals surface area contributed by atoms with Crippen molar-refractivity contribution in [3.8, 4) is 11.5 Å². The van der Waals surface area contributed by atoms with Crippen LogP contribution >= 0.6 is 0 Å². The number of allylic oxidation sites excluding steroid dienone is 11. The van der Waals surface area contributed by atoms with E-state index in [-0.39, 0.29) is 48.0 Å². The van der Waals surface area contributed by atoms with Gasteiger partial charge in [0, 0.05) is 19.4 Å². The first-order chi connectivity index (χ1) is 25.6. The van der Waals surface area contributed by atoms with E-state index in [9.17, 15) is 14.7 Å². The van der Waals surface area contributed by atoms with Gasteiger partial charge in [-0.25, -0.2) is 0 Å². The van der Waals surface area contributed by atoms with Gasteiger partial charge in [0.05, 0.1) is 5.41 Å². The lowest BCUT2D eigenvalue weighted by atomic mass is 9.37. The summed E-state index contributed by atoms with van der Waals surface area (Å²) in [6, 6.07) is 3.99. The summed E-state index contributed by atoms with van der Waals surface area (Å²) in [6.45, 7) is 22.4. The highest BCUT2D eigenvalue weighted by atomic mass is 16.6. The minimum absolute atomic E-state index is 0.00345. The number of esters is 2. The fraction of sp³-hybridized carbons (Fsp3) is 0.511. The van der Waals surface area contributed by atoms with Gasteiger partial charge < -0.3 is 14.6 Å². The summed E-state index contributed by atoms with van der Waals surface area (Å²) in [7, 11) is 0. The van der Waals surface area contributed by atoms with Gasteiger partial charge in [-0.05, 0) is 143 Å². The van der Waals surface area contributed by atoms with E-state index in [1.165, 1.54) is 43.2 Å². The molecule has 0 aromatic heterocycles. The van der Waals surface area contributed by atoms with Crippen molar-refractivity contribution in [2.75, 3.05) is 0 Å². The average molecular weight is 755 g/mol. The number of carbonyl (C=O) groups is 5. The number of carbonyl (C=O) groups excluding carboxylic acids is 5. The van der Waals surface area contributed by atoms with Crippen LogP contribution in [0.1, 0.15) is 140 Å². The summed E-state index contributed by atoms with van der Waals surface area (Å²) in [5, 5.41) is 12.1. The van der Waals surface area contributed by atoms with Crippen molar-refractivity contribution in [2.24, 2.45) is 22.2 Å². The highest BCUT2D eigenvalue weighted by Crippen LogP contribution is 2.67. The number of rotatable bonds is 15. The molecule has 0 radical (unpaired) electrons. The molecule has 4 atom stereocenters. The van der Waals surface area contributed by atoms with Crippen LogP contribution < -0.4 is 9.47 Å². The first-order valence-corrected chi connectivity index (χ1v) is 19.4. The Bertz CT molecular complexity index is 1880. The second-order valence-electron chi connectivity index (χ2n) is 16.8. The summed E-state index contributed by atoms with van der Waals surface area (Å²) >= 11 is 0.